The summed E-state index contributed by atoms with van der Waals surface area (Å²) in [5.41, 5.74) is -0.285. The van der Waals surface area contributed by atoms with E-state index in [2.05, 4.69) is 17.2 Å². The fourth-order valence-electron chi connectivity index (χ4n) is 1.28. The van der Waals surface area contributed by atoms with Crippen molar-refractivity contribution in [2.75, 3.05) is 13.1 Å². The van der Waals surface area contributed by atoms with Gasteiger partial charge in [-0.3, -0.25) is 9.59 Å². The molecule has 1 atom stereocenters. The largest absolute Gasteiger partial charge is 0.481 e. The summed E-state index contributed by atoms with van der Waals surface area (Å²) < 4.78 is 0. The fraction of sp³-hybridized carbons (Fsp3) is 0.667. The Bertz CT molecular complexity index is 282. The molecule has 0 saturated carbocycles. The van der Waals surface area contributed by atoms with E-state index in [0.717, 1.165) is 0 Å². The lowest BCUT2D eigenvalue weighted by Gasteiger charge is -2.30. The fourth-order valence-corrected chi connectivity index (χ4v) is 1.28. The standard InChI is InChI=1S/C12H22N2O3/c1-5-6-13-8-10(15)14-9(7-11(16)17)12(2,3)4/h5,9,13H,1,6-8H2,2-4H3,(H,14,15)(H,16,17). The highest BCUT2D eigenvalue weighted by Gasteiger charge is 2.28. The zero-order chi connectivity index (χ0) is 13.5. The smallest absolute Gasteiger partial charge is 0.305 e. The lowest BCUT2D eigenvalue weighted by molar-refractivity contribution is -0.138. The van der Waals surface area contributed by atoms with Gasteiger partial charge in [0.25, 0.3) is 0 Å². The van der Waals surface area contributed by atoms with E-state index in [4.69, 9.17) is 5.11 Å². The van der Waals surface area contributed by atoms with Gasteiger partial charge in [-0.05, 0) is 5.41 Å². The van der Waals surface area contributed by atoms with E-state index in [0.29, 0.717) is 6.54 Å². The van der Waals surface area contributed by atoms with Gasteiger partial charge < -0.3 is 15.7 Å². The lowest BCUT2D eigenvalue weighted by atomic mass is 9.84. The Labute approximate surface area is 102 Å². The van der Waals surface area contributed by atoms with Gasteiger partial charge in [0.15, 0.2) is 0 Å². The molecule has 0 rings (SSSR count). The number of carboxylic acid groups (broad SMARTS) is 1. The molecule has 1 unspecified atom stereocenters. The molecule has 0 aromatic rings. The average molecular weight is 242 g/mol. The van der Waals surface area contributed by atoms with Gasteiger partial charge in [0, 0.05) is 12.6 Å². The van der Waals surface area contributed by atoms with Crippen LogP contribution in [-0.2, 0) is 9.59 Å². The van der Waals surface area contributed by atoms with E-state index < -0.39 is 5.97 Å². The molecule has 0 saturated heterocycles. The van der Waals surface area contributed by atoms with Gasteiger partial charge in [0.05, 0.1) is 13.0 Å². The maximum Gasteiger partial charge on any atom is 0.305 e. The third-order valence-electron chi connectivity index (χ3n) is 2.33. The molecule has 0 aromatic carbocycles. The van der Waals surface area contributed by atoms with E-state index >= 15 is 0 Å². The molecular formula is C12H22N2O3. The van der Waals surface area contributed by atoms with Crippen molar-refractivity contribution in [2.24, 2.45) is 5.41 Å². The zero-order valence-electron chi connectivity index (χ0n) is 10.7. The molecule has 0 bridgehead atoms. The number of hydrogen-bond donors (Lipinski definition) is 3. The third kappa shape index (κ3) is 7.52. The van der Waals surface area contributed by atoms with Gasteiger partial charge in [-0.1, -0.05) is 26.8 Å². The highest BCUT2D eigenvalue weighted by Crippen LogP contribution is 2.21. The molecule has 0 aromatic heterocycles. The number of hydrogen-bond acceptors (Lipinski definition) is 3. The summed E-state index contributed by atoms with van der Waals surface area (Å²) in [4.78, 5) is 22.3. The number of carbonyl (C=O) groups excluding carboxylic acids is 1. The molecule has 1 amide bonds. The summed E-state index contributed by atoms with van der Waals surface area (Å²) in [6.45, 7) is 9.94. The van der Waals surface area contributed by atoms with Gasteiger partial charge in [0.2, 0.25) is 5.91 Å². The molecule has 98 valence electrons. The molecule has 0 fully saturated rings. The number of carboxylic acids is 1. The molecule has 3 N–H and O–H groups in total. The van der Waals surface area contributed by atoms with Gasteiger partial charge in [-0.25, -0.2) is 0 Å². The molecule has 0 aliphatic rings. The summed E-state index contributed by atoms with van der Waals surface area (Å²) in [6.07, 6.45) is 1.59. The van der Waals surface area contributed by atoms with Crippen LogP contribution in [0.1, 0.15) is 27.2 Å². The topological polar surface area (TPSA) is 78.4 Å². The van der Waals surface area contributed by atoms with Crippen LogP contribution >= 0.6 is 0 Å². The normalized spacial score (nSPS) is 12.9. The summed E-state index contributed by atoms with van der Waals surface area (Å²) >= 11 is 0. The number of carbonyl (C=O) groups is 2. The molecule has 0 radical (unpaired) electrons. The van der Waals surface area contributed by atoms with Gasteiger partial charge in [-0.2, -0.15) is 0 Å². The van der Waals surface area contributed by atoms with Crippen molar-refractivity contribution in [3.8, 4) is 0 Å². The van der Waals surface area contributed by atoms with Crippen LogP contribution < -0.4 is 10.6 Å². The first-order valence-electron chi connectivity index (χ1n) is 5.60. The summed E-state index contributed by atoms with van der Waals surface area (Å²) in [5, 5.41) is 14.4. The van der Waals surface area contributed by atoms with Crippen LogP contribution in [0.2, 0.25) is 0 Å². The van der Waals surface area contributed by atoms with Crippen LogP contribution in [0.15, 0.2) is 12.7 Å². The van der Waals surface area contributed by atoms with Crippen LogP contribution in [0.5, 0.6) is 0 Å². The molecule has 0 aliphatic heterocycles. The molecule has 5 nitrogen and oxygen atoms in total. The van der Waals surface area contributed by atoms with Crippen molar-refractivity contribution in [3.05, 3.63) is 12.7 Å². The van der Waals surface area contributed by atoms with E-state index in [1.807, 2.05) is 20.8 Å². The first-order chi connectivity index (χ1) is 7.77. The SMILES string of the molecule is C=CCNCC(=O)NC(CC(=O)O)C(C)(C)C. The van der Waals surface area contributed by atoms with Crippen LogP contribution in [-0.4, -0.2) is 36.1 Å². The number of rotatable bonds is 7. The Morgan fingerprint density at radius 1 is 1.41 bits per heavy atom. The molecule has 5 heteroatoms. The van der Waals surface area contributed by atoms with E-state index in [1.165, 1.54) is 0 Å². The zero-order valence-corrected chi connectivity index (χ0v) is 10.7. The maximum absolute atomic E-state index is 11.6. The van der Waals surface area contributed by atoms with Gasteiger partial charge in [-0.15, -0.1) is 6.58 Å². The van der Waals surface area contributed by atoms with E-state index in [-0.39, 0.29) is 30.3 Å². The predicted octanol–water partition coefficient (Wildman–Crippen LogP) is 0.768. The maximum atomic E-state index is 11.6. The minimum Gasteiger partial charge on any atom is -0.481 e. The Morgan fingerprint density at radius 3 is 2.41 bits per heavy atom. The Hall–Kier alpha value is -1.36. The Morgan fingerprint density at radius 2 is 2.00 bits per heavy atom. The first-order valence-corrected chi connectivity index (χ1v) is 5.60. The highest BCUT2D eigenvalue weighted by molar-refractivity contribution is 5.79. The van der Waals surface area contributed by atoms with Crippen molar-refractivity contribution < 1.29 is 14.7 Å². The third-order valence-corrected chi connectivity index (χ3v) is 2.33. The minimum atomic E-state index is -0.913. The molecule has 17 heavy (non-hydrogen) atoms. The van der Waals surface area contributed by atoms with Crippen LogP contribution in [0.25, 0.3) is 0 Å². The molecule has 0 aliphatic carbocycles. The first kappa shape index (κ1) is 15.6. The number of nitrogens with one attached hydrogen (secondary N) is 2. The number of amides is 1. The van der Waals surface area contributed by atoms with Gasteiger partial charge in [0.1, 0.15) is 0 Å². The second kappa shape index (κ2) is 7.06. The molecule has 0 spiro atoms. The summed E-state index contributed by atoms with van der Waals surface area (Å²) in [7, 11) is 0. The van der Waals surface area contributed by atoms with Crippen LogP contribution in [0.3, 0.4) is 0 Å². The van der Waals surface area contributed by atoms with Crippen LogP contribution in [0, 0.1) is 5.41 Å². The highest BCUT2D eigenvalue weighted by atomic mass is 16.4. The minimum absolute atomic E-state index is 0.0727. The second-order valence-electron chi connectivity index (χ2n) is 5.00. The van der Waals surface area contributed by atoms with E-state index in [1.54, 1.807) is 6.08 Å². The van der Waals surface area contributed by atoms with Crippen molar-refractivity contribution in [1.29, 1.82) is 0 Å². The monoisotopic (exact) mass is 242 g/mol. The van der Waals surface area contributed by atoms with E-state index in [9.17, 15) is 9.59 Å². The van der Waals surface area contributed by atoms with Crippen molar-refractivity contribution in [3.63, 3.8) is 0 Å². The van der Waals surface area contributed by atoms with Crippen molar-refractivity contribution in [2.45, 2.75) is 33.2 Å². The summed E-state index contributed by atoms with van der Waals surface area (Å²) in [5.74, 6) is -1.11. The van der Waals surface area contributed by atoms with Crippen LogP contribution in [0.4, 0.5) is 0 Å². The predicted molar refractivity (Wildman–Crippen MR) is 66.7 cm³/mol. The van der Waals surface area contributed by atoms with Gasteiger partial charge >= 0.3 is 5.97 Å². The summed E-state index contributed by atoms with van der Waals surface area (Å²) in [6, 6.07) is -0.377. The molecule has 0 heterocycles. The average Bonchev–Trinajstić information content (AvgIpc) is 2.15. The Balaban J connectivity index is 4.28. The van der Waals surface area contributed by atoms with Crippen molar-refractivity contribution in [1.82, 2.24) is 10.6 Å². The molecular weight excluding hydrogens is 220 g/mol. The lowest BCUT2D eigenvalue weighted by Crippen LogP contribution is -2.47. The Kier molecular flexibility index (Phi) is 6.50. The second-order valence-corrected chi connectivity index (χ2v) is 5.00. The number of aliphatic carboxylic acids is 1. The quantitative estimate of drug-likeness (QED) is 0.455. The van der Waals surface area contributed by atoms with Crippen molar-refractivity contribution >= 4 is 11.9 Å².